The molecule has 100 valence electrons. The van der Waals surface area contributed by atoms with E-state index in [1.807, 2.05) is 19.1 Å². The summed E-state index contributed by atoms with van der Waals surface area (Å²) in [6, 6.07) is 2.98. The van der Waals surface area contributed by atoms with E-state index in [0.717, 1.165) is 9.75 Å². The molecule has 1 amide bonds. The summed E-state index contributed by atoms with van der Waals surface area (Å²) in [4.78, 5) is 25.0. The topological polar surface area (TPSA) is 66.4 Å². The fourth-order valence-corrected chi connectivity index (χ4v) is 2.49. The molecule has 0 aliphatic rings. The zero-order valence-electron chi connectivity index (χ0n) is 11.1. The van der Waals surface area contributed by atoms with Crippen LogP contribution in [0.15, 0.2) is 12.1 Å². The molecule has 1 rings (SSSR count). The molecule has 1 heterocycles. The molecule has 2 N–H and O–H groups in total. The van der Waals surface area contributed by atoms with Gasteiger partial charge in [0.25, 0.3) is 0 Å². The van der Waals surface area contributed by atoms with E-state index >= 15 is 0 Å². The number of amides is 1. The van der Waals surface area contributed by atoms with Gasteiger partial charge >= 0.3 is 5.97 Å². The lowest BCUT2D eigenvalue weighted by molar-refractivity contribution is -0.144. The van der Waals surface area contributed by atoms with Gasteiger partial charge in [0.05, 0.1) is 6.42 Å². The van der Waals surface area contributed by atoms with Crippen LogP contribution >= 0.6 is 11.3 Å². The van der Waals surface area contributed by atoms with E-state index in [2.05, 4.69) is 5.32 Å². The van der Waals surface area contributed by atoms with Gasteiger partial charge in [0, 0.05) is 9.75 Å². The zero-order chi connectivity index (χ0) is 13.9. The number of hydrogen-bond donors (Lipinski definition) is 2. The van der Waals surface area contributed by atoms with Crippen molar-refractivity contribution in [3.05, 3.63) is 21.9 Å². The molecule has 0 saturated heterocycles. The van der Waals surface area contributed by atoms with E-state index in [4.69, 9.17) is 5.11 Å². The molecule has 1 aromatic rings. The smallest absolute Gasteiger partial charge is 0.326 e. The van der Waals surface area contributed by atoms with Crippen LogP contribution in [0.25, 0.3) is 0 Å². The SMILES string of the molecule is Cc1ccc(CC(=O)N[C@H](C(=O)O)C(C)(C)C)s1. The lowest BCUT2D eigenvalue weighted by Gasteiger charge is -2.27. The van der Waals surface area contributed by atoms with Crippen LogP contribution in [-0.4, -0.2) is 23.0 Å². The third-order valence-corrected chi connectivity index (χ3v) is 3.55. The van der Waals surface area contributed by atoms with Gasteiger partial charge in [-0.05, 0) is 24.5 Å². The van der Waals surface area contributed by atoms with Gasteiger partial charge in [0.1, 0.15) is 6.04 Å². The van der Waals surface area contributed by atoms with Gasteiger partial charge in [0.2, 0.25) is 5.91 Å². The second kappa shape index (κ2) is 5.52. The van der Waals surface area contributed by atoms with Crippen molar-refractivity contribution in [2.24, 2.45) is 5.41 Å². The Balaban J connectivity index is 2.65. The Kier molecular flexibility index (Phi) is 4.51. The fraction of sp³-hybridized carbons (Fsp3) is 0.538. The van der Waals surface area contributed by atoms with E-state index < -0.39 is 17.4 Å². The van der Waals surface area contributed by atoms with Crippen molar-refractivity contribution in [2.75, 3.05) is 0 Å². The van der Waals surface area contributed by atoms with Gasteiger partial charge in [-0.3, -0.25) is 4.79 Å². The number of aryl methyl sites for hydroxylation is 1. The summed E-state index contributed by atoms with van der Waals surface area (Å²) in [7, 11) is 0. The predicted octanol–water partition coefficient (Wildman–Crippen LogP) is 2.21. The molecule has 4 nitrogen and oxygen atoms in total. The summed E-state index contributed by atoms with van der Waals surface area (Å²) in [5.74, 6) is -1.25. The average molecular weight is 269 g/mol. The van der Waals surface area contributed by atoms with Crippen molar-refractivity contribution in [3.63, 3.8) is 0 Å². The summed E-state index contributed by atoms with van der Waals surface area (Å²) in [5.41, 5.74) is -0.507. The lowest BCUT2D eigenvalue weighted by atomic mass is 9.86. The second-order valence-corrected chi connectivity index (χ2v) is 6.77. The molecule has 18 heavy (non-hydrogen) atoms. The number of carboxylic acid groups (broad SMARTS) is 1. The lowest BCUT2D eigenvalue weighted by Crippen LogP contribution is -2.49. The summed E-state index contributed by atoms with van der Waals surface area (Å²) >= 11 is 1.55. The Hall–Kier alpha value is -1.36. The molecule has 0 aromatic carbocycles. The van der Waals surface area contributed by atoms with Crippen molar-refractivity contribution in [2.45, 2.75) is 40.2 Å². The largest absolute Gasteiger partial charge is 0.480 e. The Bertz CT molecular complexity index is 445. The van der Waals surface area contributed by atoms with Gasteiger partial charge in [-0.15, -0.1) is 11.3 Å². The van der Waals surface area contributed by atoms with Crippen LogP contribution in [0.2, 0.25) is 0 Å². The second-order valence-electron chi connectivity index (χ2n) is 5.39. The molecule has 0 bridgehead atoms. The van der Waals surface area contributed by atoms with E-state index in [9.17, 15) is 9.59 Å². The number of thiophene rings is 1. The van der Waals surface area contributed by atoms with Crippen molar-refractivity contribution < 1.29 is 14.7 Å². The Labute approximate surface area is 111 Å². The maximum absolute atomic E-state index is 11.8. The van der Waals surface area contributed by atoms with Gasteiger partial charge in [-0.1, -0.05) is 20.8 Å². The highest BCUT2D eigenvalue weighted by Gasteiger charge is 2.32. The quantitative estimate of drug-likeness (QED) is 0.880. The van der Waals surface area contributed by atoms with Gasteiger partial charge in [0.15, 0.2) is 0 Å². The van der Waals surface area contributed by atoms with Crippen molar-refractivity contribution >= 4 is 23.2 Å². The van der Waals surface area contributed by atoms with Crippen LogP contribution < -0.4 is 5.32 Å². The minimum absolute atomic E-state index is 0.234. The average Bonchev–Trinajstić information content (AvgIpc) is 2.58. The van der Waals surface area contributed by atoms with Crippen molar-refractivity contribution in [3.8, 4) is 0 Å². The van der Waals surface area contributed by atoms with Gasteiger partial charge in [-0.25, -0.2) is 4.79 Å². The number of carboxylic acids is 1. The first-order chi connectivity index (χ1) is 8.20. The minimum atomic E-state index is -1.00. The van der Waals surface area contributed by atoms with Crippen LogP contribution in [0, 0.1) is 12.3 Å². The summed E-state index contributed by atoms with van der Waals surface area (Å²) in [6.07, 6.45) is 0.234. The molecular weight excluding hydrogens is 250 g/mol. The van der Waals surface area contributed by atoms with E-state index in [1.54, 1.807) is 32.1 Å². The number of carbonyl (C=O) groups excluding carboxylic acids is 1. The first kappa shape index (κ1) is 14.7. The standard InChI is InChI=1S/C13H19NO3S/c1-8-5-6-9(18-8)7-10(15)14-11(12(16)17)13(2,3)4/h5-6,11H,7H2,1-4H3,(H,14,15)(H,16,17)/t11-/m1/s1. The van der Waals surface area contributed by atoms with Gasteiger partial charge in [-0.2, -0.15) is 0 Å². The highest BCUT2D eigenvalue weighted by molar-refractivity contribution is 7.12. The number of aliphatic carboxylic acids is 1. The molecule has 0 spiro atoms. The third kappa shape index (κ3) is 4.14. The predicted molar refractivity (Wildman–Crippen MR) is 71.8 cm³/mol. The summed E-state index contributed by atoms with van der Waals surface area (Å²) in [6.45, 7) is 7.35. The molecule has 1 atom stereocenters. The molecule has 0 radical (unpaired) electrons. The molecule has 0 unspecified atom stereocenters. The maximum Gasteiger partial charge on any atom is 0.326 e. The highest BCUT2D eigenvalue weighted by atomic mass is 32.1. The summed E-state index contributed by atoms with van der Waals surface area (Å²) < 4.78 is 0. The highest BCUT2D eigenvalue weighted by Crippen LogP contribution is 2.20. The Morgan fingerprint density at radius 1 is 1.39 bits per heavy atom. The third-order valence-electron chi connectivity index (χ3n) is 2.55. The number of carbonyl (C=O) groups is 2. The summed E-state index contributed by atoms with van der Waals surface area (Å²) in [5, 5.41) is 11.7. The monoisotopic (exact) mass is 269 g/mol. The molecule has 0 aliphatic carbocycles. The van der Waals surface area contributed by atoms with Crippen molar-refractivity contribution in [1.82, 2.24) is 5.32 Å². The fourth-order valence-electron chi connectivity index (χ4n) is 1.60. The molecule has 5 heteroatoms. The molecular formula is C13H19NO3S. The van der Waals surface area contributed by atoms with Crippen LogP contribution in [0.3, 0.4) is 0 Å². The molecule has 1 aromatic heterocycles. The Morgan fingerprint density at radius 2 is 2.00 bits per heavy atom. The van der Waals surface area contributed by atoms with Crippen LogP contribution in [0.1, 0.15) is 30.5 Å². The van der Waals surface area contributed by atoms with Gasteiger partial charge < -0.3 is 10.4 Å². The van der Waals surface area contributed by atoms with Crippen LogP contribution in [0.4, 0.5) is 0 Å². The van der Waals surface area contributed by atoms with Crippen LogP contribution in [-0.2, 0) is 16.0 Å². The normalized spacial score (nSPS) is 13.1. The maximum atomic E-state index is 11.8. The zero-order valence-corrected chi connectivity index (χ0v) is 11.9. The van der Waals surface area contributed by atoms with E-state index in [1.165, 1.54) is 0 Å². The van der Waals surface area contributed by atoms with E-state index in [0.29, 0.717) is 0 Å². The molecule has 0 aliphatic heterocycles. The van der Waals surface area contributed by atoms with Crippen LogP contribution in [0.5, 0.6) is 0 Å². The number of rotatable bonds is 4. The molecule has 0 saturated carbocycles. The first-order valence-corrected chi connectivity index (χ1v) is 6.59. The number of nitrogens with one attached hydrogen (secondary N) is 1. The first-order valence-electron chi connectivity index (χ1n) is 5.77. The minimum Gasteiger partial charge on any atom is -0.480 e. The molecule has 0 fully saturated rings. The Morgan fingerprint density at radius 3 is 2.39 bits per heavy atom. The number of hydrogen-bond acceptors (Lipinski definition) is 3. The van der Waals surface area contributed by atoms with Crippen molar-refractivity contribution in [1.29, 1.82) is 0 Å². The van der Waals surface area contributed by atoms with E-state index in [-0.39, 0.29) is 12.3 Å².